The smallest absolute Gasteiger partial charge is 0.105 e. The molecule has 0 aromatic heterocycles. The largest absolute Gasteiger partial charge is 0.384 e. The maximum atomic E-state index is 11.0. The Hall–Kier alpha value is -1.72. The molecule has 2 N–H and O–H groups in total. The van der Waals surface area contributed by atoms with E-state index in [-0.39, 0.29) is 0 Å². The van der Waals surface area contributed by atoms with Crippen LogP contribution in [0.5, 0.6) is 0 Å². The minimum atomic E-state index is -0.750. The number of hydrogen-bond acceptors (Lipinski definition) is 2. The van der Waals surface area contributed by atoms with Crippen molar-refractivity contribution in [2.75, 3.05) is 0 Å². The third kappa shape index (κ3) is 2.37. The summed E-state index contributed by atoms with van der Waals surface area (Å²) in [6.45, 7) is 0. The van der Waals surface area contributed by atoms with Crippen molar-refractivity contribution in [3.63, 3.8) is 0 Å². The van der Waals surface area contributed by atoms with Gasteiger partial charge in [0.1, 0.15) is 12.2 Å². The van der Waals surface area contributed by atoms with E-state index in [0.29, 0.717) is 0 Å². The van der Waals surface area contributed by atoms with Gasteiger partial charge in [-0.1, -0.05) is 24.3 Å². The minimum absolute atomic E-state index is 0.750. The fraction of sp³-hybridized carbons (Fsp3) is 0.0909. The predicted octanol–water partition coefficient (Wildman–Crippen LogP) is 5.99. The molecule has 5 rings (SSSR count). The second-order valence-corrected chi connectivity index (χ2v) is 8.44. The Kier molecular flexibility index (Phi) is 3.73. The first kappa shape index (κ1) is 16.5. The van der Waals surface area contributed by atoms with E-state index in [9.17, 15) is 10.2 Å². The summed E-state index contributed by atoms with van der Waals surface area (Å²) in [7, 11) is 0. The number of fused-ring (bicyclic) bond motifs is 4. The van der Waals surface area contributed by atoms with Gasteiger partial charge in [-0.3, -0.25) is 0 Å². The molecule has 2 atom stereocenters. The maximum Gasteiger partial charge on any atom is 0.105 e. The standard InChI is InChI=1S/C22H14Br2O2/c23-19-9-13-7-17-18(8-14(13)10-20(19)24)22(26)16-6-12-4-2-1-3-11(12)5-15(16)21(17)25/h1-10,21-22,25-26H/t21-,22+. The molecule has 0 bridgehead atoms. The van der Waals surface area contributed by atoms with Crippen LogP contribution in [-0.4, -0.2) is 10.2 Å². The van der Waals surface area contributed by atoms with Crippen molar-refractivity contribution >= 4 is 53.4 Å². The molecule has 0 saturated carbocycles. The molecular weight excluding hydrogens is 456 g/mol. The Morgan fingerprint density at radius 1 is 0.538 bits per heavy atom. The van der Waals surface area contributed by atoms with Crippen LogP contribution in [0.1, 0.15) is 34.5 Å². The number of rotatable bonds is 0. The Morgan fingerprint density at radius 3 is 1.27 bits per heavy atom. The topological polar surface area (TPSA) is 40.5 Å². The molecule has 0 spiro atoms. The quantitative estimate of drug-likeness (QED) is 0.331. The molecule has 26 heavy (non-hydrogen) atoms. The van der Waals surface area contributed by atoms with Crippen molar-refractivity contribution in [1.29, 1.82) is 0 Å². The molecule has 1 aliphatic carbocycles. The zero-order valence-corrected chi connectivity index (χ0v) is 16.8. The average Bonchev–Trinajstić information content (AvgIpc) is 2.65. The van der Waals surface area contributed by atoms with Crippen molar-refractivity contribution in [3.05, 3.63) is 91.9 Å². The summed E-state index contributed by atoms with van der Waals surface area (Å²) < 4.78 is 1.92. The van der Waals surface area contributed by atoms with E-state index in [2.05, 4.69) is 31.9 Å². The highest BCUT2D eigenvalue weighted by atomic mass is 79.9. The van der Waals surface area contributed by atoms with Crippen molar-refractivity contribution in [3.8, 4) is 0 Å². The minimum Gasteiger partial charge on any atom is -0.384 e. The number of benzene rings is 4. The molecular formula is C22H14Br2O2. The van der Waals surface area contributed by atoms with Gasteiger partial charge in [0.05, 0.1) is 0 Å². The molecule has 0 radical (unpaired) electrons. The first-order valence-electron chi connectivity index (χ1n) is 8.34. The van der Waals surface area contributed by atoms with Gasteiger partial charge < -0.3 is 10.2 Å². The van der Waals surface area contributed by atoms with E-state index in [1.165, 1.54) is 0 Å². The van der Waals surface area contributed by atoms with Gasteiger partial charge in [-0.05, 0) is 112 Å². The van der Waals surface area contributed by atoms with E-state index >= 15 is 0 Å². The Balaban J connectivity index is 1.79. The highest BCUT2D eigenvalue weighted by molar-refractivity contribution is 9.13. The van der Waals surface area contributed by atoms with Crippen molar-refractivity contribution in [2.45, 2.75) is 12.2 Å². The molecule has 0 saturated heterocycles. The number of aliphatic hydroxyl groups excluding tert-OH is 2. The summed E-state index contributed by atoms with van der Waals surface area (Å²) >= 11 is 7.07. The van der Waals surface area contributed by atoms with Crippen LogP contribution in [0.25, 0.3) is 21.5 Å². The van der Waals surface area contributed by atoms with Crippen molar-refractivity contribution < 1.29 is 10.2 Å². The second-order valence-electron chi connectivity index (χ2n) is 6.73. The van der Waals surface area contributed by atoms with Crippen molar-refractivity contribution in [1.82, 2.24) is 0 Å². The summed E-state index contributed by atoms with van der Waals surface area (Å²) in [4.78, 5) is 0. The third-order valence-electron chi connectivity index (χ3n) is 5.21. The van der Waals surface area contributed by atoms with E-state index in [1.54, 1.807) is 0 Å². The summed E-state index contributed by atoms with van der Waals surface area (Å²) in [6.07, 6.45) is -1.50. The molecule has 4 aromatic rings. The maximum absolute atomic E-state index is 11.0. The van der Waals surface area contributed by atoms with Crippen LogP contribution in [0.3, 0.4) is 0 Å². The fourth-order valence-corrected chi connectivity index (χ4v) is 4.61. The van der Waals surface area contributed by atoms with E-state index in [1.807, 2.05) is 60.7 Å². The van der Waals surface area contributed by atoms with Gasteiger partial charge >= 0.3 is 0 Å². The normalized spacial score (nSPS) is 18.8. The van der Waals surface area contributed by atoms with E-state index in [0.717, 1.165) is 52.7 Å². The average molecular weight is 470 g/mol. The van der Waals surface area contributed by atoms with E-state index < -0.39 is 12.2 Å². The number of hydrogen-bond donors (Lipinski definition) is 2. The van der Waals surface area contributed by atoms with Gasteiger partial charge in [0, 0.05) is 8.95 Å². The van der Waals surface area contributed by atoms with Gasteiger partial charge in [-0.25, -0.2) is 0 Å². The Labute approximate surface area is 167 Å². The summed E-state index contributed by atoms with van der Waals surface area (Å²) in [5.41, 5.74) is 3.09. The molecule has 4 aromatic carbocycles. The predicted molar refractivity (Wildman–Crippen MR) is 111 cm³/mol. The lowest BCUT2D eigenvalue weighted by Gasteiger charge is -2.30. The summed E-state index contributed by atoms with van der Waals surface area (Å²) in [5.74, 6) is 0. The first-order valence-corrected chi connectivity index (χ1v) is 9.93. The molecule has 0 fully saturated rings. The molecule has 0 aliphatic heterocycles. The molecule has 1 aliphatic rings. The van der Waals surface area contributed by atoms with Crippen LogP contribution in [-0.2, 0) is 0 Å². The number of aliphatic hydroxyl groups is 2. The molecule has 0 amide bonds. The molecule has 2 nitrogen and oxygen atoms in total. The van der Waals surface area contributed by atoms with E-state index in [4.69, 9.17) is 0 Å². The molecule has 4 heteroatoms. The highest BCUT2D eigenvalue weighted by Gasteiger charge is 2.31. The second kappa shape index (κ2) is 5.89. The number of halogens is 2. The van der Waals surface area contributed by atoms with Crippen LogP contribution in [0.15, 0.2) is 69.6 Å². The van der Waals surface area contributed by atoms with Gasteiger partial charge in [0.2, 0.25) is 0 Å². The van der Waals surface area contributed by atoms with Gasteiger partial charge in [-0.15, -0.1) is 0 Å². The lowest BCUT2D eigenvalue weighted by molar-refractivity contribution is 0.174. The van der Waals surface area contributed by atoms with Gasteiger partial charge in [0.15, 0.2) is 0 Å². The van der Waals surface area contributed by atoms with Crippen LogP contribution in [0.4, 0.5) is 0 Å². The monoisotopic (exact) mass is 468 g/mol. The lowest BCUT2D eigenvalue weighted by atomic mass is 9.80. The SMILES string of the molecule is O[C@@H]1c2cc3ccccc3cc2[C@H](O)c2cc3cc(Br)c(Br)cc3cc21. The zero-order valence-electron chi connectivity index (χ0n) is 13.6. The first-order chi connectivity index (χ1) is 12.5. The third-order valence-corrected chi connectivity index (χ3v) is 7.06. The van der Waals surface area contributed by atoms with Gasteiger partial charge in [-0.2, -0.15) is 0 Å². The summed E-state index contributed by atoms with van der Waals surface area (Å²) in [5, 5.41) is 26.3. The summed E-state index contributed by atoms with van der Waals surface area (Å²) in [6, 6.07) is 20.0. The zero-order chi connectivity index (χ0) is 18.0. The van der Waals surface area contributed by atoms with Crippen LogP contribution < -0.4 is 0 Å². The van der Waals surface area contributed by atoms with Crippen LogP contribution in [0.2, 0.25) is 0 Å². The van der Waals surface area contributed by atoms with Crippen molar-refractivity contribution in [2.24, 2.45) is 0 Å². The van der Waals surface area contributed by atoms with Crippen LogP contribution in [0, 0.1) is 0 Å². The highest BCUT2D eigenvalue weighted by Crippen LogP contribution is 2.44. The van der Waals surface area contributed by atoms with Gasteiger partial charge in [0.25, 0.3) is 0 Å². The Bertz CT molecular complexity index is 1110. The molecule has 128 valence electrons. The van der Waals surface area contributed by atoms with Crippen LogP contribution >= 0.6 is 31.9 Å². The molecule has 0 heterocycles. The Morgan fingerprint density at radius 2 is 0.885 bits per heavy atom. The molecule has 0 unspecified atom stereocenters. The fourth-order valence-electron chi connectivity index (χ4n) is 3.89. The lowest BCUT2D eigenvalue weighted by Crippen LogP contribution is -2.18.